The van der Waals surface area contributed by atoms with E-state index in [9.17, 15) is 28.4 Å². The number of nitro benzene ring substituents is 1. The van der Waals surface area contributed by atoms with Crippen molar-refractivity contribution in [3.8, 4) is 0 Å². The first-order valence-electron chi connectivity index (χ1n) is 8.81. The zero-order chi connectivity index (χ0) is 21.1. The molecule has 2 rings (SSSR count). The number of carbonyl (C=O) groups excluding carboxylic acids is 1. The zero-order valence-electron chi connectivity index (χ0n) is 16.1. The molecule has 1 unspecified atom stereocenters. The highest BCUT2D eigenvalue weighted by Crippen LogP contribution is 2.27. The summed E-state index contributed by atoms with van der Waals surface area (Å²) in [7, 11) is -4.18. The minimum Gasteiger partial charge on any atom is -0.444 e. The number of sulfonamides is 1. The van der Waals surface area contributed by atoms with Crippen LogP contribution in [0.3, 0.4) is 0 Å². The third kappa shape index (κ3) is 5.40. The Hall–Kier alpha value is -2.24. The second-order valence-corrected chi connectivity index (χ2v) is 9.43. The maximum Gasteiger partial charge on any atom is 0.410 e. The fourth-order valence-corrected chi connectivity index (χ4v) is 4.52. The van der Waals surface area contributed by atoms with Crippen molar-refractivity contribution in [2.45, 2.75) is 43.8 Å². The van der Waals surface area contributed by atoms with E-state index in [0.717, 1.165) is 10.4 Å². The number of hydrogen-bond donors (Lipinski definition) is 1. The van der Waals surface area contributed by atoms with Gasteiger partial charge in [0.2, 0.25) is 10.0 Å². The van der Waals surface area contributed by atoms with Crippen LogP contribution in [0.5, 0.6) is 0 Å². The van der Waals surface area contributed by atoms with Crippen molar-refractivity contribution in [1.82, 2.24) is 9.21 Å². The summed E-state index contributed by atoms with van der Waals surface area (Å²) in [5.74, 6) is 0. The fourth-order valence-electron chi connectivity index (χ4n) is 2.84. The Morgan fingerprint density at radius 3 is 2.50 bits per heavy atom. The molecule has 0 saturated carbocycles. The Kier molecular flexibility index (Phi) is 6.63. The first-order valence-corrected chi connectivity index (χ1v) is 10.3. The molecule has 1 aliphatic rings. The van der Waals surface area contributed by atoms with Gasteiger partial charge >= 0.3 is 6.09 Å². The fraction of sp³-hybridized carbons (Fsp3) is 0.588. The van der Waals surface area contributed by atoms with Crippen molar-refractivity contribution in [3.63, 3.8) is 0 Å². The van der Waals surface area contributed by atoms with Crippen LogP contribution < -0.4 is 0 Å². The van der Waals surface area contributed by atoms with Gasteiger partial charge in [-0.25, -0.2) is 13.2 Å². The largest absolute Gasteiger partial charge is 0.444 e. The maximum atomic E-state index is 12.9. The van der Waals surface area contributed by atoms with Gasteiger partial charge in [-0.15, -0.1) is 0 Å². The average Bonchev–Trinajstić information content (AvgIpc) is 2.55. The normalized spacial score (nSPS) is 19.6. The van der Waals surface area contributed by atoms with Gasteiger partial charge in [-0.2, -0.15) is 4.31 Å². The summed E-state index contributed by atoms with van der Waals surface area (Å²) >= 11 is 0. The van der Waals surface area contributed by atoms with Crippen LogP contribution in [0.25, 0.3) is 0 Å². The second-order valence-electron chi connectivity index (χ2n) is 7.52. The molecule has 0 aromatic heterocycles. The lowest BCUT2D eigenvalue weighted by atomic mass is 10.2. The summed E-state index contributed by atoms with van der Waals surface area (Å²) in [5, 5.41) is 21.5. The van der Waals surface area contributed by atoms with Gasteiger partial charge in [-0.3, -0.25) is 10.1 Å². The highest BCUT2D eigenvalue weighted by atomic mass is 32.2. The van der Waals surface area contributed by atoms with E-state index < -0.39 is 43.3 Å². The van der Waals surface area contributed by atoms with Crippen molar-refractivity contribution in [2.75, 3.05) is 26.2 Å². The number of hydrogen-bond acceptors (Lipinski definition) is 7. The van der Waals surface area contributed by atoms with Crippen molar-refractivity contribution in [3.05, 3.63) is 34.4 Å². The van der Waals surface area contributed by atoms with E-state index in [1.807, 2.05) is 0 Å². The highest BCUT2D eigenvalue weighted by molar-refractivity contribution is 7.89. The molecule has 28 heavy (non-hydrogen) atoms. The minimum atomic E-state index is -4.18. The van der Waals surface area contributed by atoms with Crippen molar-refractivity contribution in [1.29, 1.82) is 0 Å². The number of benzene rings is 1. The molecule has 1 amide bonds. The third-order valence-corrected chi connectivity index (χ3v) is 5.93. The van der Waals surface area contributed by atoms with E-state index in [2.05, 4.69) is 0 Å². The summed E-state index contributed by atoms with van der Waals surface area (Å²) < 4.78 is 32.2. The first kappa shape index (κ1) is 22.1. The number of nitro groups is 1. The predicted molar refractivity (Wildman–Crippen MR) is 100 cm³/mol. The number of rotatable bonds is 3. The maximum absolute atomic E-state index is 12.9. The Balaban J connectivity index is 2.19. The molecule has 1 heterocycles. The number of aliphatic hydroxyl groups is 1. The summed E-state index contributed by atoms with van der Waals surface area (Å²) in [6, 6.07) is 5.09. The summed E-state index contributed by atoms with van der Waals surface area (Å²) in [5.41, 5.74) is -1.21. The molecule has 0 radical (unpaired) electrons. The van der Waals surface area contributed by atoms with Crippen LogP contribution in [0.15, 0.2) is 29.2 Å². The quantitative estimate of drug-likeness (QED) is 0.586. The van der Waals surface area contributed by atoms with Crippen molar-refractivity contribution >= 4 is 21.8 Å². The van der Waals surface area contributed by atoms with Gasteiger partial charge in [0.1, 0.15) is 5.60 Å². The number of nitrogens with zero attached hydrogens (tertiary/aromatic N) is 3. The van der Waals surface area contributed by atoms with Gasteiger partial charge in [-0.1, -0.05) is 12.1 Å². The van der Waals surface area contributed by atoms with Crippen molar-refractivity contribution in [2.24, 2.45) is 0 Å². The molecule has 11 heteroatoms. The Labute approximate surface area is 163 Å². The molecule has 1 aliphatic heterocycles. The summed E-state index contributed by atoms with van der Waals surface area (Å²) in [4.78, 5) is 23.6. The van der Waals surface area contributed by atoms with Gasteiger partial charge < -0.3 is 14.7 Å². The van der Waals surface area contributed by atoms with Crippen LogP contribution in [0.4, 0.5) is 10.5 Å². The van der Waals surface area contributed by atoms with Crippen molar-refractivity contribution < 1.29 is 28.0 Å². The van der Waals surface area contributed by atoms with Gasteiger partial charge in [0.05, 0.1) is 17.6 Å². The zero-order valence-corrected chi connectivity index (χ0v) is 16.9. The number of carbonyl (C=O) groups is 1. The molecule has 1 saturated heterocycles. The minimum absolute atomic E-state index is 0.00470. The third-order valence-electron chi connectivity index (χ3n) is 4.01. The van der Waals surface area contributed by atoms with E-state index in [1.54, 1.807) is 20.8 Å². The standard InChI is InChI=1S/C17H25N3O7S/c1-17(2,3)27-16(22)18-9-6-10-19(12-13(21)11-18)28(25,26)15-8-5-4-7-14(15)20(23)24/h4-5,7-8,13,21H,6,9-12H2,1-3H3. The van der Waals surface area contributed by atoms with Crippen LogP contribution in [0, 0.1) is 10.1 Å². The molecule has 0 bridgehead atoms. The van der Waals surface area contributed by atoms with Crippen LogP contribution >= 0.6 is 0 Å². The van der Waals surface area contributed by atoms with E-state index in [-0.39, 0.29) is 26.2 Å². The molecule has 1 aromatic carbocycles. The monoisotopic (exact) mass is 415 g/mol. The molecule has 0 aliphatic carbocycles. The Morgan fingerprint density at radius 2 is 1.89 bits per heavy atom. The molecule has 10 nitrogen and oxygen atoms in total. The molecular formula is C17H25N3O7S. The molecular weight excluding hydrogens is 390 g/mol. The average molecular weight is 415 g/mol. The highest BCUT2D eigenvalue weighted by Gasteiger charge is 2.35. The summed E-state index contributed by atoms with van der Waals surface area (Å²) in [6.45, 7) is 5.00. The number of para-hydroxylation sites is 1. The van der Waals surface area contributed by atoms with Crippen LogP contribution in [0.2, 0.25) is 0 Å². The van der Waals surface area contributed by atoms with Crippen LogP contribution in [0.1, 0.15) is 27.2 Å². The summed E-state index contributed by atoms with van der Waals surface area (Å²) in [6.07, 6.45) is -1.45. The van der Waals surface area contributed by atoms with E-state index in [0.29, 0.717) is 6.42 Å². The number of ether oxygens (including phenoxy) is 1. The lowest BCUT2D eigenvalue weighted by molar-refractivity contribution is -0.387. The Bertz CT molecular complexity index is 835. The molecule has 0 spiro atoms. The van der Waals surface area contributed by atoms with Crippen LogP contribution in [-0.2, 0) is 14.8 Å². The van der Waals surface area contributed by atoms with Gasteiger partial charge in [0.25, 0.3) is 5.69 Å². The number of β-amino-alcohol motifs (C(OH)–C–C–N with tert-alkyl or cyclic N) is 1. The number of amides is 1. The van der Waals surface area contributed by atoms with E-state index in [1.165, 1.54) is 23.1 Å². The molecule has 1 N–H and O–H groups in total. The van der Waals surface area contributed by atoms with Gasteiger partial charge in [0, 0.05) is 25.7 Å². The Morgan fingerprint density at radius 1 is 1.25 bits per heavy atom. The molecule has 156 valence electrons. The van der Waals surface area contributed by atoms with Gasteiger partial charge in [-0.05, 0) is 33.3 Å². The molecule has 1 fully saturated rings. The smallest absolute Gasteiger partial charge is 0.410 e. The number of aliphatic hydroxyl groups excluding tert-OH is 1. The van der Waals surface area contributed by atoms with Crippen LogP contribution in [-0.4, -0.2) is 71.6 Å². The lowest BCUT2D eigenvalue weighted by Crippen LogP contribution is -2.49. The lowest BCUT2D eigenvalue weighted by Gasteiger charge is -2.33. The second kappa shape index (κ2) is 8.41. The van der Waals surface area contributed by atoms with E-state index in [4.69, 9.17) is 4.74 Å². The van der Waals surface area contributed by atoms with E-state index >= 15 is 0 Å². The SMILES string of the molecule is CC(C)(C)OC(=O)N1CCCN(S(=O)(=O)c2ccccc2[N+](=O)[O-])CC(O)C1. The van der Waals surface area contributed by atoms with Gasteiger partial charge in [0.15, 0.2) is 4.90 Å². The first-order chi connectivity index (χ1) is 12.9. The molecule has 1 aromatic rings. The predicted octanol–water partition coefficient (Wildman–Crippen LogP) is 1.59. The topological polar surface area (TPSA) is 130 Å². The molecule has 1 atom stereocenters.